The van der Waals surface area contributed by atoms with Gasteiger partial charge in [-0.3, -0.25) is 9.59 Å². The van der Waals surface area contributed by atoms with Crippen LogP contribution in [0.2, 0.25) is 0 Å². The highest BCUT2D eigenvalue weighted by atomic mass is 16.4. The molecule has 2 aliphatic heterocycles. The Hall–Kier alpha value is -2.04. The molecule has 2 N–H and O–H groups in total. The van der Waals surface area contributed by atoms with Crippen LogP contribution in [0, 0.1) is 5.92 Å². The zero-order valence-corrected chi connectivity index (χ0v) is 11.2. The number of piperidine rings is 1. The fourth-order valence-electron chi connectivity index (χ4n) is 3.01. The second-order valence-electron chi connectivity index (χ2n) is 5.50. The Kier molecular flexibility index (Phi) is 3.34. The van der Waals surface area contributed by atoms with E-state index in [-0.39, 0.29) is 17.9 Å². The van der Waals surface area contributed by atoms with Crippen LogP contribution in [0.5, 0.6) is 0 Å². The summed E-state index contributed by atoms with van der Waals surface area (Å²) >= 11 is 0. The molecule has 0 aromatic heterocycles. The van der Waals surface area contributed by atoms with Gasteiger partial charge in [0, 0.05) is 25.2 Å². The fourth-order valence-corrected chi connectivity index (χ4v) is 3.01. The average molecular weight is 274 g/mol. The minimum Gasteiger partial charge on any atom is -0.481 e. The molecule has 106 valence electrons. The molecule has 0 spiro atoms. The van der Waals surface area contributed by atoms with Gasteiger partial charge in [-0.05, 0) is 24.5 Å². The van der Waals surface area contributed by atoms with Gasteiger partial charge in [0.1, 0.15) is 6.04 Å². The highest BCUT2D eigenvalue weighted by Crippen LogP contribution is 2.27. The number of hydrogen-bond donors (Lipinski definition) is 2. The lowest BCUT2D eigenvalue weighted by atomic mass is 9.96. The van der Waals surface area contributed by atoms with Crippen LogP contribution in [-0.4, -0.2) is 41.0 Å². The van der Waals surface area contributed by atoms with E-state index in [1.807, 2.05) is 24.3 Å². The maximum absolute atomic E-state index is 12.5. The molecule has 2 heterocycles. The molecule has 0 aliphatic carbocycles. The quantitative estimate of drug-likeness (QED) is 0.854. The maximum atomic E-state index is 12.5. The van der Waals surface area contributed by atoms with Crippen molar-refractivity contribution >= 4 is 17.6 Å². The number of fused-ring (bicyclic) bond motifs is 1. The normalized spacial score (nSPS) is 22.2. The van der Waals surface area contributed by atoms with Crippen LogP contribution in [0.15, 0.2) is 24.3 Å². The first-order chi connectivity index (χ1) is 9.65. The molecule has 0 radical (unpaired) electrons. The van der Waals surface area contributed by atoms with E-state index in [9.17, 15) is 9.59 Å². The zero-order chi connectivity index (χ0) is 14.1. The molecule has 1 unspecified atom stereocenters. The van der Waals surface area contributed by atoms with E-state index in [0.717, 1.165) is 5.69 Å². The van der Waals surface area contributed by atoms with E-state index in [4.69, 9.17) is 5.11 Å². The summed E-state index contributed by atoms with van der Waals surface area (Å²) in [5.41, 5.74) is 2.21. The molecule has 1 saturated heterocycles. The molecule has 1 amide bonds. The predicted octanol–water partition coefficient (Wildman–Crippen LogP) is 1.35. The van der Waals surface area contributed by atoms with E-state index in [1.165, 1.54) is 5.56 Å². The third-order valence-corrected chi connectivity index (χ3v) is 4.23. The molecule has 0 bridgehead atoms. The number of aliphatic carboxylic acids is 1. The molecule has 1 fully saturated rings. The van der Waals surface area contributed by atoms with Crippen molar-refractivity contribution in [1.29, 1.82) is 0 Å². The van der Waals surface area contributed by atoms with Crippen molar-refractivity contribution in [2.75, 3.05) is 18.4 Å². The van der Waals surface area contributed by atoms with E-state index in [0.29, 0.717) is 32.4 Å². The number of amides is 1. The Balaban J connectivity index is 1.60. The van der Waals surface area contributed by atoms with Gasteiger partial charge in [0.05, 0.1) is 5.92 Å². The number of benzene rings is 1. The topological polar surface area (TPSA) is 69.6 Å². The molecule has 3 rings (SSSR count). The van der Waals surface area contributed by atoms with Crippen molar-refractivity contribution < 1.29 is 14.7 Å². The van der Waals surface area contributed by atoms with E-state index < -0.39 is 5.97 Å². The summed E-state index contributed by atoms with van der Waals surface area (Å²) in [6.07, 6.45) is 1.83. The number of para-hydroxylation sites is 1. The van der Waals surface area contributed by atoms with Crippen LogP contribution in [0.3, 0.4) is 0 Å². The van der Waals surface area contributed by atoms with Crippen LogP contribution in [-0.2, 0) is 16.0 Å². The zero-order valence-electron chi connectivity index (χ0n) is 11.2. The lowest BCUT2D eigenvalue weighted by Gasteiger charge is -2.32. The number of rotatable bonds is 2. The van der Waals surface area contributed by atoms with Gasteiger partial charge >= 0.3 is 5.97 Å². The summed E-state index contributed by atoms with van der Waals surface area (Å²) in [4.78, 5) is 25.2. The van der Waals surface area contributed by atoms with E-state index >= 15 is 0 Å². The monoisotopic (exact) mass is 274 g/mol. The van der Waals surface area contributed by atoms with Gasteiger partial charge in [0.15, 0.2) is 0 Å². The molecular weight excluding hydrogens is 256 g/mol. The van der Waals surface area contributed by atoms with Crippen LogP contribution in [0.4, 0.5) is 5.69 Å². The Labute approximate surface area is 117 Å². The van der Waals surface area contributed by atoms with E-state index in [1.54, 1.807) is 4.90 Å². The fraction of sp³-hybridized carbons (Fsp3) is 0.467. The second-order valence-corrected chi connectivity index (χ2v) is 5.50. The van der Waals surface area contributed by atoms with Gasteiger partial charge < -0.3 is 15.3 Å². The Morgan fingerprint density at radius 3 is 2.55 bits per heavy atom. The number of carbonyl (C=O) groups is 2. The van der Waals surface area contributed by atoms with Crippen LogP contribution in [0.25, 0.3) is 0 Å². The van der Waals surface area contributed by atoms with Gasteiger partial charge in [0.2, 0.25) is 5.91 Å². The van der Waals surface area contributed by atoms with Crippen molar-refractivity contribution in [2.45, 2.75) is 25.3 Å². The highest BCUT2D eigenvalue weighted by molar-refractivity contribution is 5.87. The first kappa shape index (κ1) is 13.0. The standard InChI is InChI=1S/C15H18N2O3/c18-14(17-7-5-10(6-8-17)15(19)20)13-9-11-3-1-2-4-12(11)16-13/h1-4,10,13,16H,5-9H2,(H,19,20). The molecule has 5 heteroatoms. The Bertz CT molecular complexity index is 511. The number of hydrogen-bond acceptors (Lipinski definition) is 3. The Morgan fingerprint density at radius 1 is 1.20 bits per heavy atom. The van der Waals surface area contributed by atoms with Crippen LogP contribution >= 0.6 is 0 Å². The van der Waals surface area contributed by atoms with Crippen LogP contribution < -0.4 is 5.32 Å². The van der Waals surface area contributed by atoms with Crippen molar-refractivity contribution in [2.24, 2.45) is 5.92 Å². The van der Waals surface area contributed by atoms with E-state index in [2.05, 4.69) is 5.32 Å². The summed E-state index contributed by atoms with van der Waals surface area (Å²) in [5, 5.41) is 12.2. The predicted molar refractivity (Wildman–Crippen MR) is 74.5 cm³/mol. The SMILES string of the molecule is O=C(O)C1CCN(C(=O)C2Cc3ccccc3N2)CC1. The van der Waals surface area contributed by atoms with Crippen molar-refractivity contribution in [3.05, 3.63) is 29.8 Å². The molecule has 1 aromatic carbocycles. The molecule has 2 aliphatic rings. The molecule has 5 nitrogen and oxygen atoms in total. The maximum Gasteiger partial charge on any atom is 0.306 e. The van der Waals surface area contributed by atoms with Gasteiger partial charge in [-0.2, -0.15) is 0 Å². The molecular formula is C15H18N2O3. The van der Waals surface area contributed by atoms with Gasteiger partial charge in [-0.25, -0.2) is 0 Å². The third-order valence-electron chi connectivity index (χ3n) is 4.23. The first-order valence-corrected chi connectivity index (χ1v) is 7.01. The molecule has 1 aromatic rings. The first-order valence-electron chi connectivity index (χ1n) is 7.01. The lowest BCUT2D eigenvalue weighted by Crippen LogP contribution is -2.46. The minimum absolute atomic E-state index is 0.0880. The van der Waals surface area contributed by atoms with Crippen molar-refractivity contribution in [3.8, 4) is 0 Å². The van der Waals surface area contributed by atoms with Crippen molar-refractivity contribution in [1.82, 2.24) is 4.90 Å². The minimum atomic E-state index is -0.747. The lowest BCUT2D eigenvalue weighted by molar-refractivity contribution is -0.145. The Morgan fingerprint density at radius 2 is 1.90 bits per heavy atom. The number of carbonyl (C=O) groups excluding carboxylic acids is 1. The molecule has 1 atom stereocenters. The smallest absolute Gasteiger partial charge is 0.306 e. The van der Waals surface area contributed by atoms with Gasteiger partial charge in [-0.15, -0.1) is 0 Å². The number of carboxylic acid groups (broad SMARTS) is 1. The summed E-state index contributed by atoms with van der Waals surface area (Å²) in [5.74, 6) is -0.957. The van der Waals surface area contributed by atoms with Gasteiger partial charge in [-0.1, -0.05) is 18.2 Å². The summed E-state index contributed by atoms with van der Waals surface area (Å²) in [6, 6.07) is 7.75. The van der Waals surface area contributed by atoms with Gasteiger partial charge in [0.25, 0.3) is 0 Å². The number of carboxylic acids is 1. The third kappa shape index (κ3) is 2.35. The summed E-state index contributed by atoms with van der Waals surface area (Å²) < 4.78 is 0. The highest BCUT2D eigenvalue weighted by Gasteiger charge is 2.33. The number of anilines is 1. The molecule has 20 heavy (non-hydrogen) atoms. The second kappa shape index (κ2) is 5.15. The van der Waals surface area contributed by atoms with Crippen LogP contribution in [0.1, 0.15) is 18.4 Å². The average Bonchev–Trinajstić information content (AvgIpc) is 2.90. The largest absolute Gasteiger partial charge is 0.481 e. The number of likely N-dealkylation sites (tertiary alicyclic amines) is 1. The number of nitrogens with zero attached hydrogens (tertiary/aromatic N) is 1. The molecule has 0 saturated carbocycles. The summed E-state index contributed by atoms with van der Waals surface area (Å²) in [6.45, 7) is 1.09. The van der Waals surface area contributed by atoms with Crippen molar-refractivity contribution in [3.63, 3.8) is 0 Å². The summed E-state index contributed by atoms with van der Waals surface area (Å²) in [7, 11) is 0. The number of nitrogens with one attached hydrogen (secondary N) is 1.